The summed E-state index contributed by atoms with van der Waals surface area (Å²) in [5.74, 6) is 0.444. The Morgan fingerprint density at radius 3 is 2.58 bits per heavy atom. The van der Waals surface area contributed by atoms with Crippen molar-refractivity contribution in [2.75, 3.05) is 18.4 Å². The van der Waals surface area contributed by atoms with Crippen LogP contribution in [0.4, 0.5) is 5.69 Å². The molecule has 7 rings (SSSR count). The Hall–Kier alpha value is -4.96. The molecule has 6 aromatic heterocycles. The Bertz CT molecular complexity index is 1820. The number of hydrogen-bond acceptors (Lipinski definition) is 7. The number of aromatic nitrogens is 7. The van der Waals surface area contributed by atoms with Gasteiger partial charge in [0.25, 0.3) is 0 Å². The van der Waals surface area contributed by atoms with Gasteiger partial charge in [-0.2, -0.15) is 5.10 Å². The molecule has 4 N–H and O–H groups in total. The fourth-order valence-corrected chi connectivity index (χ4v) is 5.43. The van der Waals surface area contributed by atoms with Gasteiger partial charge in [0, 0.05) is 59.3 Å². The van der Waals surface area contributed by atoms with Gasteiger partial charge < -0.3 is 15.6 Å². The van der Waals surface area contributed by atoms with Gasteiger partial charge in [-0.05, 0) is 79.4 Å². The zero-order chi connectivity index (χ0) is 26.9. The molecule has 0 spiro atoms. The van der Waals surface area contributed by atoms with Crippen LogP contribution in [0.25, 0.3) is 55.7 Å². The smallest absolute Gasteiger partial charge is 0.224 e. The maximum Gasteiger partial charge on any atom is 0.224 e. The molecule has 1 aliphatic rings. The normalized spacial score (nSPS) is 14.1. The Morgan fingerprint density at radius 1 is 0.850 bits per heavy atom. The van der Waals surface area contributed by atoms with E-state index in [0.29, 0.717) is 23.7 Å². The van der Waals surface area contributed by atoms with Gasteiger partial charge in [0.15, 0.2) is 5.65 Å². The highest BCUT2D eigenvalue weighted by Crippen LogP contribution is 2.34. The summed E-state index contributed by atoms with van der Waals surface area (Å²) in [5.41, 5.74) is 7.60. The Labute approximate surface area is 229 Å². The highest BCUT2D eigenvalue weighted by molar-refractivity contribution is 6.00. The van der Waals surface area contributed by atoms with Crippen molar-refractivity contribution >= 4 is 33.7 Å². The van der Waals surface area contributed by atoms with Crippen molar-refractivity contribution in [3.8, 4) is 33.6 Å². The van der Waals surface area contributed by atoms with Crippen LogP contribution in [0.5, 0.6) is 0 Å². The second-order valence-corrected chi connectivity index (χ2v) is 10.1. The molecule has 6 aromatic rings. The molecular weight excluding hydrogens is 502 g/mol. The molecule has 1 saturated heterocycles. The first kappa shape index (κ1) is 24.1. The molecule has 0 saturated carbocycles. The number of nitrogens with zero attached hydrogens (tertiary/aromatic N) is 5. The van der Waals surface area contributed by atoms with E-state index in [9.17, 15) is 4.79 Å². The van der Waals surface area contributed by atoms with Crippen molar-refractivity contribution in [1.29, 1.82) is 0 Å². The van der Waals surface area contributed by atoms with Crippen molar-refractivity contribution in [1.82, 2.24) is 40.4 Å². The van der Waals surface area contributed by atoms with Crippen LogP contribution < -0.4 is 10.6 Å². The lowest BCUT2D eigenvalue weighted by atomic mass is 9.94. The predicted molar refractivity (Wildman–Crippen MR) is 154 cm³/mol. The molecule has 0 bridgehead atoms. The second kappa shape index (κ2) is 10.3. The average Bonchev–Trinajstić information content (AvgIpc) is 3.62. The lowest BCUT2D eigenvalue weighted by molar-refractivity contribution is -0.117. The highest BCUT2D eigenvalue weighted by Gasteiger charge is 2.18. The Morgan fingerprint density at radius 2 is 1.70 bits per heavy atom. The summed E-state index contributed by atoms with van der Waals surface area (Å²) in [4.78, 5) is 33.8. The van der Waals surface area contributed by atoms with Crippen molar-refractivity contribution in [2.24, 2.45) is 5.92 Å². The van der Waals surface area contributed by atoms with Crippen LogP contribution in [0.15, 0.2) is 73.6 Å². The van der Waals surface area contributed by atoms with Crippen LogP contribution in [0, 0.1) is 5.92 Å². The van der Waals surface area contributed by atoms with Crippen LogP contribution in [0.3, 0.4) is 0 Å². The van der Waals surface area contributed by atoms with Crippen molar-refractivity contribution in [3.63, 3.8) is 0 Å². The Kier molecular flexibility index (Phi) is 6.21. The topological polar surface area (TPSA) is 137 Å². The number of piperidine rings is 1. The molecule has 0 radical (unpaired) electrons. The number of carbonyl (C=O) groups excluding carboxylic acids is 1. The molecule has 0 aromatic carbocycles. The zero-order valence-corrected chi connectivity index (χ0v) is 21.7. The van der Waals surface area contributed by atoms with E-state index < -0.39 is 0 Å². The third-order valence-electron chi connectivity index (χ3n) is 7.48. The van der Waals surface area contributed by atoms with Gasteiger partial charge in [-0.3, -0.25) is 19.9 Å². The molecule has 10 heteroatoms. The maximum atomic E-state index is 12.7. The van der Waals surface area contributed by atoms with Crippen LogP contribution in [-0.4, -0.2) is 54.1 Å². The minimum atomic E-state index is 0.0232. The van der Waals surface area contributed by atoms with E-state index >= 15 is 0 Å². The standard InChI is InChI=1S/C30H27N9O/c40-27(11-18-1-6-31-7-2-18)36-22-12-20(15-33-17-22)21-13-25-28(38-39-30(25)35-16-21)26-14-24-23(5-10-34-29(24)37-26)19-3-8-32-9-4-19/h3-5,8-10,12-18,31H,1-2,6-7,11H2,(H,34,37)(H,36,40)(H,35,38,39). The number of aromatic amines is 2. The van der Waals surface area contributed by atoms with Crippen molar-refractivity contribution in [2.45, 2.75) is 19.3 Å². The summed E-state index contributed by atoms with van der Waals surface area (Å²) in [6.45, 7) is 1.95. The first-order chi connectivity index (χ1) is 19.7. The first-order valence-corrected chi connectivity index (χ1v) is 13.4. The number of pyridine rings is 4. The number of nitrogens with one attached hydrogen (secondary N) is 4. The van der Waals surface area contributed by atoms with Crippen molar-refractivity contribution in [3.05, 3.63) is 73.6 Å². The van der Waals surface area contributed by atoms with E-state index in [2.05, 4.69) is 51.8 Å². The van der Waals surface area contributed by atoms with Crippen LogP contribution in [-0.2, 0) is 4.79 Å². The number of fused-ring (bicyclic) bond motifs is 2. The third-order valence-corrected chi connectivity index (χ3v) is 7.48. The minimum Gasteiger partial charge on any atom is -0.338 e. The summed E-state index contributed by atoms with van der Waals surface area (Å²) in [6.07, 6.45) is 13.2. The fraction of sp³-hybridized carbons (Fsp3) is 0.200. The SMILES string of the molecule is O=C(CC1CCNCC1)Nc1cncc(-c2cnc3[nH]nc(-c4cc5c(-c6ccncc6)ccnc5[nH]4)c3c2)c1. The molecule has 1 fully saturated rings. The molecule has 40 heavy (non-hydrogen) atoms. The maximum absolute atomic E-state index is 12.7. The molecule has 10 nitrogen and oxygen atoms in total. The van der Waals surface area contributed by atoms with E-state index in [4.69, 9.17) is 0 Å². The first-order valence-electron chi connectivity index (χ1n) is 13.4. The largest absolute Gasteiger partial charge is 0.338 e. The van der Waals surface area contributed by atoms with Gasteiger partial charge in [0.05, 0.1) is 17.6 Å². The molecule has 0 unspecified atom stereocenters. The Balaban J connectivity index is 1.19. The van der Waals surface area contributed by atoms with Gasteiger partial charge in [-0.15, -0.1) is 0 Å². The molecule has 0 atom stereocenters. The minimum absolute atomic E-state index is 0.0232. The van der Waals surface area contributed by atoms with E-state index in [1.807, 2.05) is 30.3 Å². The molecule has 7 heterocycles. The summed E-state index contributed by atoms with van der Waals surface area (Å²) < 4.78 is 0. The third kappa shape index (κ3) is 4.69. The molecule has 1 aliphatic heterocycles. The monoisotopic (exact) mass is 529 g/mol. The predicted octanol–water partition coefficient (Wildman–Crippen LogP) is 4.95. The number of H-pyrrole nitrogens is 2. The van der Waals surface area contributed by atoms with Gasteiger partial charge in [-0.1, -0.05) is 0 Å². The summed E-state index contributed by atoms with van der Waals surface area (Å²) in [6, 6.07) is 12.0. The van der Waals surface area contributed by atoms with Gasteiger partial charge in [0.2, 0.25) is 5.91 Å². The van der Waals surface area contributed by atoms with E-state index in [0.717, 1.165) is 76.0 Å². The van der Waals surface area contributed by atoms with Crippen molar-refractivity contribution < 1.29 is 4.79 Å². The van der Waals surface area contributed by atoms with Gasteiger partial charge >= 0.3 is 0 Å². The molecule has 198 valence electrons. The van der Waals surface area contributed by atoms with Crippen LogP contribution in [0.2, 0.25) is 0 Å². The summed E-state index contributed by atoms with van der Waals surface area (Å²) in [7, 11) is 0. The molecular formula is C30H27N9O. The molecule has 0 aliphatic carbocycles. The lowest BCUT2D eigenvalue weighted by Crippen LogP contribution is -2.30. The number of rotatable bonds is 6. The molecule has 1 amide bonds. The average molecular weight is 530 g/mol. The van der Waals surface area contributed by atoms with Crippen LogP contribution in [0.1, 0.15) is 19.3 Å². The van der Waals surface area contributed by atoms with E-state index in [-0.39, 0.29) is 5.91 Å². The fourth-order valence-electron chi connectivity index (χ4n) is 5.43. The summed E-state index contributed by atoms with van der Waals surface area (Å²) >= 11 is 0. The van der Waals surface area contributed by atoms with E-state index in [1.165, 1.54) is 0 Å². The second-order valence-electron chi connectivity index (χ2n) is 10.1. The number of carbonyl (C=O) groups is 1. The number of amides is 1. The zero-order valence-electron chi connectivity index (χ0n) is 21.7. The quantitative estimate of drug-likeness (QED) is 0.239. The highest BCUT2D eigenvalue weighted by atomic mass is 16.1. The lowest BCUT2D eigenvalue weighted by Gasteiger charge is -2.21. The summed E-state index contributed by atoms with van der Waals surface area (Å²) in [5, 5.41) is 15.9. The van der Waals surface area contributed by atoms with Crippen LogP contribution >= 0.6 is 0 Å². The van der Waals surface area contributed by atoms with Gasteiger partial charge in [0.1, 0.15) is 11.3 Å². The van der Waals surface area contributed by atoms with Gasteiger partial charge in [-0.25, -0.2) is 9.97 Å². The number of hydrogen-bond donors (Lipinski definition) is 4. The van der Waals surface area contributed by atoms with E-state index in [1.54, 1.807) is 37.2 Å². The number of anilines is 1.